The second-order valence-electron chi connectivity index (χ2n) is 6.46. The van der Waals surface area contributed by atoms with Crippen LogP contribution in [0.4, 0.5) is 5.69 Å². The van der Waals surface area contributed by atoms with Gasteiger partial charge in [-0.3, -0.25) is 19.7 Å². The zero-order valence-corrected chi connectivity index (χ0v) is 16.7. The van der Waals surface area contributed by atoms with E-state index in [1.807, 2.05) is 30.3 Å². The minimum Gasteiger partial charge on any atom is -0.487 e. The molecule has 0 unspecified atom stereocenters. The zero-order chi connectivity index (χ0) is 22.2. The molecule has 1 aromatic heterocycles. The second-order valence-corrected chi connectivity index (χ2v) is 6.46. The summed E-state index contributed by atoms with van der Waals surface area (Å²) in [6.45, 7) is 2.36. The van der Waals surface area contributed by atoms with Crippen LogP contribution in [0.5, 0.6) is 5.75 Å². The van der Waals surface area contributed by atoms with Crippen LogP contribution < -0.4 is 15.7 Å². The fourth-order valence-electron chi connectivity index (χ4n) is 2.87. The monoisotopic (exact) mass is 420 g/mol. The van der Waals surface area contributed by atoms with Gasteiger partial charge in [-0.2, -0.15) is 5.10 Å². The maximum Gasteiger partial charge on any atom is 0.311 e. The van der Waals surface area contributed by atoms with Gasteiger partial charge in [-0.15, -0.1) is 0 Å². The van der Waals surface area contributed by atoms with Crippen molar-refractivity contribution in [1.29, 1.82) is 0 Å². The van der Waals surface area contributed by atoms with Gasteiger partial charge in [-0.05, 0) is 36.8 Å². The molecule has 0 atom stereocenters. The normalized spacial score (nSPS) is 10.7. The number of nitrogens with one attached hydrogen (secondary N) is 1. The van der Waals surface area contributed by atoms with Crippen molar-refractivity contribution in [1.82, 2.24) is 9.99 Å². The van der Waals surface area contributed by atoms with E-state index in [1.54, 1.807) is 25.3 Å². The van der Waals surface area contributed by atoms with E-state index in [2.05, 4.69) is 10.5 Å². The highest BCUT2D eigenvalue weighted by atomic mass is 16.6. The highest BCUT2D eigenvalue weighted by Crippen LogP contribution is 2.27. The summed E-state index contributed by atoms with van der Waals surface area (Å²) in [6.07, 6.45) is 2.86. The van der Waals surface area contributed by atoms with E-state index in [9.17, 15) is 19.7 Å². The molecular weight excluding hydrogens is 400 g/mol. The van der Waals surface area contributed by atoms with Crippen molar-refractivity contribution in [2.24, 2.45) is 5.10 Å². The number of carbonyl (C=O) groups excluding carboxylic acids is 1. The molecule has 2 aromatic carbocycles. The lowest BCUT2D eigenvalue weighted by molar-refractivity contribution is -0.385. The quantitative estimate of drug-likeness (QED) is 0.342. The van der Waals surface area contributed by atoms with Gasteiger partial charge in [0.05, 0.1) is 24.3 Å². The molecule has 0 spiro atoms. The number of carbonyl (C=O) groups is 1. The lowest BCUT2D eigenvalue weighted by Crippen LogP contribution is -2.30. The van der Waals surface area contributed by atoms with Gasteiger partial charge in [-0.1, -0.05) is 30.3 Å². The number of amides is 1. The molecule has 9 nitrogen and oxygen atoms in total. The summed E-state index contributed by atoms with van der Waals surface area (Å²) in [4.78, 5) is 35.7. The molecule has 1 amide bonds. The Bertz CT molecular complexity index is 1170. The van der Waals surface area contributed by atoms with Gasteiger partial charge in [-0.25, -0.2) is 5.43 Å². The third-order valence-electron chi connectivity index (χ3n) is 4.32. The first-order chi connectivity index (χ1) is 15.0. The number of nitro groups is 1. The van der Waals surface area contributed by atoms with Gasteiger partial charge >= 0.3 is 5.69 Å². The Balaban J connectivity index is 1.73. The number of hydrogen-bond donors (Lipinski definition) is 1. The van der Waals surface area contributed by atoms with Gasteiger partial charge in [0.25, 0.3) is 11.5 Å². The van der Waals surface area contributed by atoms with Crippen molar-refractivity contribution in [3.05, 3.63) is 104 Å². The molecule has 3 rings (SSSR count). The van der Waals surface area contributed by atoms with Crippen molar-refractivity contribution in [2.75, 3.05) is 6.61 Å². The van der Waals surface area contributed by atoms with Crippen LogP contribution in [0.25, 0.3) is 0 Å². The van der Waals surface area contributed by atoms with Crippen molar-refractivity contribution in [3.8, 4) is 5.75 Å². The highest BCUT2D eigenvalue weighted by Gasteiger charge is 2.15. The summed E-state index contributed by atoms with van der Waals surface area (Å²) in [7, 11) is 0. The van der Waals surface area contributed by atoms with E-state index < -0.39 is 16.4 Å². The van der Waals surface area contributed by atoms with E-state index >= 15 is 0 Å². The van der Waals surface area contributed by atoms with Crippen LogP contribution in [0.15, 0.2) is 76.8 Å². The molecule has 0 aliphatic heterocycles. The Morgan fingerprint density at radius 3 is 2.68 bits per heavy atom. The number of aromatic nitrogens is 1. The largest absolute Gasteiger partial charge is 0.487 e. The lowest BCUT2D eigenvalue weighted by Gasteiger charge is -2.07. The van der Waals surface area contributed by atoms with Crippen LogP contribution in [0.1, 0.15) is 28.4 Å². The van der Waals surface area contributed by atoms with Crippen LogP contribution in [-0.4, -0.2) is 28.2 Å². The van der Waals surface area contributed by atoms with Gasteiger partial charge in [0.15, 0.2) is 5.75 Å². The van der Waals surface area contributed by atoms with Crippen molar-refractivity contribution in [2.45, 2.75) is 13.5 Å². The number of nitro benzene ring substituents is 1. The van der Waals surface area contributed by atoms with Gasteiger partial charge in [0, 0.05) is 17.8 Å². The standard InChI is InChI=1S/C22H20N4O5/c1-2-31-20-11-10-17(13-19(20)26(29)30)14-23-24-21(27)18-9-6-12-25(22(18)28)15-16-7-4-3-5-8-16/h3-14H,2,15H2,1H3,(H,24,27)/b23-14-. The Morgan fingerprint density at radius 2 is 1.97 bits per heavy atom. The van der Waals surface area contributed by atoms with E-state index in [4.69, 9.17) is 4.74 Å². The summed E-state index contributed by atoms with van der Waals surface area (Å²) in [5.41, 5.74) is 2.89. The third-order valence-corrected chi connectivity index (χ3v) is 4.32. The van der Waals surface area contributed by atoms with Crippen LogP contribution in [0.2, 0.25) is 0 Å². The van der Waals surface area contributed by atoms with E-state index in [1.165, 1.54) is 29.0 Å². The Labute approximate surface area is 177 Å². The number of pyridine rings is 1. The number of hydrazone groups is 1. The summed E-state index contributed by atoms with van der Waals surface area (Å²) in [5, 5.41) is 15.0. The second kappa shape index (κ2) is 9.97. The first-order valence-electron chi connectivity index (χ1n) is 9.47. The zero-order valence-electron chi connectivity index (χ0n) is 16.7. The number of benzene rings is 2. The Hall–Kier alpha value is -4.27. The molecule has 0 bridgehead atoms. The molecule has 1 heterocycles. The molecule has 0 radical (unpaired) electrons. The molecule has 0 aliphatic rings. The SMILES string of the molecule is CCOc1ccc(/C=N\NC(=O)c2cccn(Cc3ccccc3)c2=O)cc1[N+](=O)[O-]. The maximum absolute atomic E-state index is 12.6. The summed E-state index contributed by atoms with van der Waals surface area (Å²) in [5.74, 6) is -0.527. The smallest absolute Gasteiger partial charge is 0.311 e. The maximum atomic E-state index is 12.6. The minimum absolute atomic E-state index is 0.0618. The molecule has 158 valence electrons. The summed E-state index contributed by atoms with van der Waals surface area (Å²) < 4.78 is 6.66. The fraction of sp³-hybridized carbons (Fsp3) is 0.136. The number of rotatable bonds is 8. The molecule has 31 heavy (non-hydrogen) atoms. The van der Waals surface area contributed by atoms with Crippen LogP contribution in [-0.2, 0) is 6.54 Å². The Kier molecular flexibility index (Phi) is 6.89. The number of ether oxygens (including phenoxy) is 1. The fourth-order valence-corrected chi connectivity index (χ4v) is 2.87. The van der Waals surface area contributed by atoms with E-state index in [-0.39, 0.29) is 17.0 Å². The van der Waals surface area contributed by atoms with Crippen LogP contribution in [0, 0.1) is 10.1 Å². The molecule has 9 heteroatoms. The predicted molar refractivity (Wildman–Crippen MR) is 116 cm³/mol. The first kappa shape index (κ1) is 21.4. The van der Waals surface area contributed by atoms with Gasteiger partial charge < -0.3 is 9.30 Å². The molecule has 0 aliphatic carbocycles. The van der Waals surface area contributed by atoms with Crippen LogP contribution in [0.3, 0.4) is 0 Å². The Morgan fingerprint density at radius 1 is 1.19 bits per heavy atom. The van der Waals surface area contributed by atoms with E-state index in [0.29, 0.717) is 18.7 Å². The third kappa shape index (κ3) is 5.41. The van der Waals surface area contributed by atoms with Gasteiger partial charge in [0.2, 0.25) is 0 Å². The van der Waals surface area contributed by atoms with Crippen molar-refractivity contribution < 1.29 is 14.5 Å². The van der Waals surface area contributed by atoms with Crippen molar-refractivity contribution in [3.63, 3.8) is 0 Å². The molecule has 3 aromatic rings. The summed E-state index contributed by atoms with van der Waals surface area (Å²) >= 11 is 0. The van der Waals surface area contributed by atoms with Crippen molar-refractivity contribution >= 4 is 17.8 Å². The number of hydrogen-bond acceptors (Lipinski definition) is 6. The average molecular weight is 420 g/mol. The molecule has 0 saturated heterocycles. The topological polar surface area (TPSA) is 116 Å². The molecule has 0 fully saturated rings. The molecular formula is C22H20N4O5. The van der Waals surface area contributed by atoms with Gasteiger partial charge in [0.1, 0.15) is 5.56 Å². The van der Waals surface area contributed by atoms with E-state index in [0.717, 1.165) is 5.56 Å². The number of nitrogens with zero attached hydrogens (tertiary/aromatic N) is 3. The summed E-state index contributed by atoms with van der Waals surface area (Å²) in [6, 6.07) is 16.7. The van der Waals surface area contributed by atoms with Crippen LogP contribution >= 0.6 is 0 Å². The molecule has 1 N–H and O–H groups in total. The lowest BCUT2D eigenvalue weighted by atomic mass is 10.2. The minimum atomic E-state index is -0.677. The predicted octanol–water partition coefficient (Wildman–Crippen LogP) is 2.97. The average Bonchev–Trinajstić information content (AvgIpc) is 2.77. The molecule has 0 saturated carbocycles. The highest BCUT2D eigenvalue weighted by molar-refractivity contribution is 5.94. The first-order valence-corrected chi connectivity index (χ1v) is 9.47.